The second-order valence-electron chi connectivity index (χ2n) is 20.3. The average Bonchev–Trinajstić information content (AvgIpc) is 4.04. The summed E-state index contributed by atoms with van der Waals surface area (Å²) in [7, 11) is 0. The van der Waals surface area contributed by atoms with Gasteiger partial charge >= 0.3 is 0 Å². The fraction of sp³-hybridized carbons (Fsp3) is 0.156. The van der Waals surface area contributed by atoms with Gasteiger partial charge < -0.3 is 18.6 Å². The molecule has 0 radical (unpaired) electrons. The van der Waals surface area contributed by atoms with E-state index >= 15 is 0 Å². The molecule has 9 aromatic carbocycles. The number of hydrogen-bond donors (Lipinski definition) is 0. The lowest BCUT2D eigenvalue weighted by atomic mass is 9.72. The van der Waals surface area contributed by atoms with Crippen LogP contribution < -0.4 is 9.80 Å². The summed E-state index contributed by atoms with van der Waals surface area (Å²) in [4.78, 5) is 4.87. The van der Waals surface area contributed by atoms with Crippen molar-refractivity contribution in [2.75, 3.05) is 9.80 Å². The van der Waals surface area contributed by atoms with E-state index in [4.69, 9.17) is 8.83 Å². The monoisotopic (exact) mass is 880 g/mol. The first kappa shape index (κ1) is 40.5. The Bertz CT molecular complexity index is 3910. The number of furan rings is 2. The normalized spacial score (nSPS) is 14.1. The van der Waals surface area contributed by atoms with Crippen LogP contribution in [0.2, 0.25) is 0 Å². The van der Waals surface area contributed by atoms with Gasteiger partial charge in [-0.1, -0.05) is 148 Å². The van der Waals surface area contributed by atoms with E-state index < -0.39 is 10.8 Å². The molecule has 2 aliphatic carbocycles. The fourth-order valence-corrected chi connectivity index (χ4v) is 12.3. The first-order valence-corrected chi connectivity index (χ1v) is 23.9. The largest absolute Gasteiger partial charge is 0.455 e. The molecule has 0 N–H and O–H groups in total. The molecule has 68 heavy (non-hydrogen) atoms. The Morgan fingerprint density at radius 2 is 0.824 bits per heavy atom. The van der Waals surface area contributed by atoms with Crippen molar-refractivity contribution in [1.82, 2.24) is 0 Å². The van der Waals surface area contributed by atoms with Gasteiger partial charge in [0, 0.05) is 55.3 Å². The number of hydrogen-bond acceptors (Lipinski definition) is 4. The zero-order chi connectivity index (χ0) is 46.4. The van der Waals surface area contributed by atoms with Gasteiger partial charge in [0.15, 0.2) is 5.58 Å². The number of rotatable bonds is 6. The van der Waals surface area contributed by atoms with Crippen molar-refractivity contribution >= 4 is 78.0 Å². The molecule has 11 aromatic rings. The summed E-state index contributed by atoms with van der Waals surface area (Å²) < 4.78 is 14.3. The average molecular weight is 881 g/mol. The van der Waals surface area contributed by atoms with E-state index in [9.17, 15) is 0 Å². The van der Waals surface area contributed by atoms with Crippen molar-refractivity contribution in [2.45, 2.75) is 66.2 Å². The molecule has 0 aliphatic heterocycles. The molecule has 4 nitrogen and oxygen atoms in total. The van der Waals surface area contributed by atoms with Gasteiger partial charge in [0.25, 0.3) is 0 Å². The van der Waals surface area contributed by atoms with Crippen LogP contribution in [0.4, 0.5) is 34.1 Å². The van der Waals surface area contributed by atoms with Crippen molar-refractivity contribution in [3.63, 3.8) is 0 Å². The van der Waals surface area contributed by atoms with Gasteiger partial charge in [0.1, 0.15) is 16.7 Å². The Kier molecular flexibility index (Phi) is 8.53. The third-order valence-electron chi connectivity index (χ3n) is 15.3. The molecule has 4 heteroatoms. The van der Waals surface area contributed by atoms with Crippen molar-refractivity contribution in [2.24, 2.45) is 0 Å². The lowest BCUT2D eigenvalue weighted by molar-refractivity contribution is 0.600. The van der Waals surface area contributed by atoms with Crippen molar-refractivity contribution in [3.05, 3.63) is 214 Å². The van der Waals surface area contributed by atoms with Gasteiger partial charge in [0.2, 0.25) is 0 Å². The third kappa shape index (κ3) is 5.55. The minimum absolute atomic E-state index is 0.397. The Labute approximate surface area is 397 Å². The number of nitrogens with zero attached hydrogens (tertiary/aromatic N) is 2. The maximum Gasteiger partial charge on any atom is 0.160 e. The molecule has 0 saturated carbocycles. The Morgan fingerprint density at radius 1 is 0.382 bits per heavy atom. The van der Waals surface area contributed by atoms with Gasteiger partial charge in [-0.25, -0.2) is 0 Å². The lowest BCUT2D eigenvalue weighted by Crippen LogP contribution is -2.24. The van der Waals surface area contributed by atoms with E-state index in [2.05, 4.69) is 235 Å². The number of anilines is 6. The number of aryl methyl sites for hydroxylation is 4. The molecule has 330 valence electrons. The highest BCUT2D eigenvalue weighted by molar-refractivity contribution is 6.21. The topological polar surface area (TPSA) is 32.8 Å². The zero-order valence-electron chi connectivity index (χ0n) is 39.9. The third-order valence-corrected chi connectivity index (χ3v) is 15.3. The van der Waals surface area contributed by atoms with E-state index in [0.717, 1.165) is 78.0 Å². The summed E-state index contributed by atoms with van der Waals surface area (Å²) in [5.74, 6) is 0. The Morgan fingerprint density at radius 3 is 1.37 bits per heavy atom. The van der Waals surface area contributed by atoms with Crippen LogP contribution in [0.3, 0.4) is 0 Å². The van der Waals surface area contributed by atoms with Gasteiger partial charge in [-0.3, -0.25) is 0 Å². The molecule has 2 aromatic heterocycles. The first-order chi connectivity index (χ1) is 32.9. The summed E-state index contributed by atoms with van der Waals surface area (Å²) in [6.07, 6.45) is 0. The van der Waals surface area contributed by atoms with Crippen LogP contribution in [0.1, 0.15) is 72.2 Å². The molecule has 13 rings (SSSR count). The molecule has 0 saturated heterocycles. The molecular weight excluding hydrogens is 829 g/mol. The molecule has 0 spiro atoms. The van der Waals surface area contributed by atoms with Gasteiger partial charge in [-0.15, -0.1) is 0 Å². The fourth-order valence-electron chi connectivity index (χ4n) is 12.3. The van der Waals surface area contributed by atoms with Gasteiger partial charge in [-0.05, 0) is 138 Å². The van der Waals surface area contributed by atoms with Gasteiger partial charge in [-0.2, -0.15) is 0 Å². The van der Waals surface area contributed by atoms with Crippen molar-refractivity contribution < 1.29 is 8.83 Å². The van der Waals surface area contributed by atoms with Crippen LogP contribution in [-0.2, 0) is 10.8 Å². The van der Waals surface area contributed by atoms with Crippen LogP contribution in [0, 0.1) is 27.7 Å². The maximum atomic E-state index is 7.18. The van der Waals surface area contributed by atoms with Gasteiger partial charge in [0.05, 0.1) is 16.8 Å². The van der Waals surface area contributed by atoms with Crippen LogP contribution in [-0.4, -0.2) is 0 Å². The molecule has 0 fully saturated rings. The molecule has 0 unspecified atom stereocenters. The second kappa shape index (κ2) is 14.3. The quantitative estimate of drug-likeness (QED) is 0.167. The molecular formula is C64H52N2O2. The second-order valence-corrected chi connectivity index (χ2v) is 20.3. The van der Waals surface area contributed by atoms with Crippen LogP contribution in [0.15, 0.2) is 179 Å². The first-order valence-electron chi connectivity index (χ1n) is 23.9. The SMILES string of the molecule is Cc1ccc(N(c2ccccc2)c2cc3c(c4c2oc2ccccc24)-c2ccc4c(c2C3(C)C)C(C)(C)c2cc(N(c3ccccc3)c3ccc(C)cc3C)c3c(oc5ccccc53)c2-4)c(C)c1. The summed E-state index contributed by atoms with van der Waals surface area (Å²) in [6.45, 7) is 18.5. The molecule has 0 amide bonds. The summed E-state index contributed by atoms with van der Waals surface area (Å²) in [6, 6.07) is 62.0. The van der Waals surface area contributed by atoms with E-state index in [1.165, 1.54) is 66.8 Å². The smallest absolute Gasteiger partial charge is 0.160 e. The predicted molar refractivity (Wildman–Crippen MR) is 284 cm³/mol. The Hall–Kier alpha value is -7.82. The minimum Gasteiger partial charge on any atom is -0.455 e. The van der Waals surface area contributed by atoms with Crippen LogP contribution in [0.5, 0.6) is 0 Å². The highest BCUT2D eigenvalue weighted by Crippen LogP contribution is 2.64. The van der Waals surface area contributed by atoms with E-state index in [1.807, 2.05) is 0 Å². The van der Waals surface area contributed by atoms with E-state index in [-0.39, 0.29) is 0 Å². The number of para-hydroxylation sites is 4. The van der Waals surface area contributed by atoms with Crippen LogP contribution in [0.25, 0.3) is 66.1 Å². The highest BCUT2D eigenvalue weighted by Gasteiger charge is 2.49. The highest BCUT2D eigenvalue weighted by atomic mass is 16.3. The van der Waals surface area contributed by atoms with Crippen LogP contribution >= 0.6 is 0 Å². The summed E-state index contributed by atoms with van der Waals surface area (Å²) in [5.41, 5.74) is 24.6. The number of benzene rings is 9. The summed E-state index contributed by atoms with van der Waals surface area (Å²) >= 11 is 0. The number of fused-ring (bicyclic) bond motifs is 15. The lowest BCUT2D eigenvalue weighted by Gasteiger charge is -2.32. The molecule has 2 heterocycles. The Balaban J connectivity index is 1.10. The maximum absolute atomic E-state index is 7.18. The predicted octanol–water partition coefficient (Wildman–Crippen LogP) is 18.3. The molecule has 0 atom stereocenters. The minimum atomic E-state index is -0.405. The zero-order valence-corrected chi connectivity index (χ0v) is 39.9. The standard InChI is InChI=1S/C64H52N2O2/c1-37-27-31-49(39(3)33-37)65(41-19-11-9-12-20-41)51-35-48-56(62-57(51)43-23-15-17-25-53(43)68-62)46-30-29-45-55-47(63(5,6)59(45)60(46)64(48,7)8)36-52(61-58(55)44-24-16-18-26-54(44)67-61)66(42-21-13-10-14-22-42)50-32-28-38(2)34-40(50)4/h9-36H,1-8H3. The molecule has 0 bridgehead atoms. The van der Waals surface area contributed by atoms with Crippen molar-refractivity contribution in [3.8, 4) is 22.3 Å². The summed E-state index contributed by atoms with van der Waals surface area (Å²) in [5, 5.41) is 4.52. The van der Waals surface area contributed by atoms with E-state index in [1.54, 1.807) is 0 Å². The van der Waals surface area contributed by atoms with Crippen molar-refractivity contribution in [1.29, 1.82) is 0 Å². The molecule has 2 aliphatic rings. The van der Waals surface area contributed by atoms with E-state index in [0.29, 0.717) is 0 Å².